The van der Waals surface area contributed by atoms with Gasteiger partial charge in [0, 0.05) is 44.7 Å². The molecule has 0 saturated carbocycles. The number of guanidine groups is 1. The minimum Gasteiger partial charge on any atom is -0.354 e. The minimum atomic E-state index is 0.00446. The number of rotatable bonds is 6. The highest BCUT2D eigenvalue weighted by atomic mass is 35.5. The van der Waals surface area contributed by atoms with Crippen molar-refractivity contribution in [2.24, 2.45) is 10.9 Å². The first kappa shape index (κ1) is 18.3. The van der Waals surface area contributed by atoms with Crippen LogP contribution in [0, 0.1) is 5.92 Å². The van der Waals surface area contributed by atoms with Crippen LogP contribution in [0.2, 0.25) is 5.02 Å². The lowest BCUT2D eigenvalue weighted by Crippen LogP contribution is -2.42. The molecule has 0 saturated heterocycles. The third kappa shape index (κ3) is 6.35. The molecule has 0 aromatic heterocycles. The van der Waals surface area contributed by atoms with Gasteiger partial charge in [0.15, 0.2) is 5.96 Å². The summed E-state index contributed by atoms with van der Waals surface area (Å²) >= 11 is 5.99. The first-order valence-corrected chi connectivity index (χ1v) is 7.75. The van der Waals surface area contributed by atoms with E-state index in [9.17, 15) is 4.79 Å². The summed E-state index contributed by atoms with van der Waals surface area (Å²) in [5.74, 6) is 0.840. The molecule has 0 bridgehead atoms. The second-order valence-electron chi connectivity index (χ2n) is 5.41. The van der Waals surface area contributed by atoms with E-state index in [0.717, 1.165) is 16.5 Å². The van der Waals surface area contributed by atoms with Gasteiger partial charge >= 0.3 is 0 Å². The lowest BCUT2D eigenvalue weighted by Gasteiger charge is -2.22. The van der Waals surface area contributed by atoms with Crippen LogP contribution in [0.4, 0.5) is 0 Å². The van der Waals surface area contributed by atoms with E-state index in [4.69, 9.17) is 11.6 Å². The average molecular weight is 325 g/mol. The Morgan fingerprint density at radius 1 is 1.32 bits per heavy atom. The van der Waals surface area contributed by atoms with Gasteiger partial charge in [0.1, 0.15) is 0 Å². The molecule has 0 spiro atoms. The zero-order valence-corrected chi connectivity index (χ0v) is 14.4. The monoisotopic (exact) mass is 324 g/mol. The summed E-state index contributed by atoms with van der Waals surface area (Å²) in [6, 6.07) is 7.76. The van der Waals surface area contributed by atoms with Crippen molar-refractivity contribution in [3.8, 4) is 0 Å². The number of aliphatic imine (C=N–C) groups is 1. The van der Waals surface area contributed by atoms with E-state index in [1.54, 1.807) is 7.05 Å². The van der Waals surface area contributed by atoms with E-state index in [-0.39, 0.29) is 11.8 Å². The number of hydrogen-bond acceptors (Lipinski definition) is 2. The molecule has 1 aromatic carbocycles. The molecule has 5 nitrogen and oxygen atoms in total. The van der Waals surface area contributed by atoms with Crippen LogP contribution in [0.25, 0.3) is 0 Å². The number of halogens is 1. The second kappa shape index (κ2) is 9.30. The number of carbonyl (C=O) groups excluding carboxylic acids is 1. The lowest BCUT2D eigenvalue weighted by molar-refractivity contribution is -0.123. The molecule has 0 aliphatic carbocycles. The fourth-order valence-corrected chi connectivity index (χ4v) is 2.15. The lowest BCUT2D eigenvalue weighted by atomic mass is 10.2. The van der Waals surface area contributed by atoms with Crippen molar-refractivity contribution in [3.05, 3.63) is 34.9 Å². The summed E-state index contributed by atoms with van der Waals surface area (Å²) in [6.07, 6.45) is 0. The first-order valence-electron chi connectivity index (χ1n) is 7.38. The fourth-order valence-electron chi connectivity index (χ4n) is 1.93. The number of nitrogens with zero attached hydrogens (tertiary/aromatic N) is 2. The highest BCUT2D eigenvalue weighted by Gasteiger charge is 2.08. The van der Waals surface area contributed by atoms with Crippen molar-refractivity contribution in [1.29, 1.82) is 0 Å². The molecule has 1 rings (SSSR count). The SMILES string of the molecule is CN=C(NCCNC(=O)C(C)C)N(C)Cc1cccc(Cl)c1. The van der Waals surface area contributed by atoms with Crippen molar-refractivity contribution in [3.63, 3.8) is 0 Å². The Balaban J connectivity index is 2.42. The van der Waals surface area contributed by atoms with Gasteiger partial charge in [-0.1, -0.05) is 37.6 Å². The maximum absolute atomic E-state index is 11.5. The molecule has 0 radical (unpaired) electrons. The van der Waals surface area contributed by atoms with Crippen molar-refractivity contribution < 1.29 is 4.79 Å². The number of carbonyl (C=O) groups is 1. The summed E-state index contributed by atoms with van der Waals surface area (Å²) in [5.41, 5.74) is 1.12. The topological polar surface area (TPSA) is 56.7 Å². The van der Waals surface area contributed by atoms with Crippen LogP contribution >= 0.6 is 11.6 Å². The quantitative estimate of drug-likeness (QED) is 0.479. The summed E-state index contributed by atoms with van der Waals surface area (Å²) < 4.78 is 0. The Labute approximate surface area is 137 Å². The van der Waals surface area contributed by atoms with Crippen LogP contribution in [0.3, 0.4) is 0 Å². The zero-order chi connectivity index (χ0) is 16.5. The number of hydrogen-bond donors (Lipinski definition) is 2. The predicted octanol–water partition coefficient (Wildman–Crippen LogP) is 2.12. The van der Waals surface area contributed by atoms with Crippen molar-refractivity contribution in [2.75, 3.05) is 27.2 Å². The Morgan fingerprint density at radius 2 is 2.00 bits per heavy atom. The molecule has 0 aliphatic rings. The molecule has 0 fully saturated rings. The normalized spacial score (nSPS) is 11.5. The third-order valence-electron chi connectivity index (χ3n) is 3.11. The molecule has 22 heavy (non-hydrogen) atoms. The zero-order valence-electron chi connectivity index (χ0n) is 13.7. The van der Waals surface area contributed by atoms with Gasteiger partial charge in [0.05, 0.1) is 0 Å². The van der Waals surface area contributed by atoms with Crippen LogP contribution in [-0.4, -0.2) is 44.0 Å². The molecule has 1 aromatic rings. The summed E-state index contributed by atoms with van der Waals surface area (Å²) in [4.78, 5) is 17.7. The molecule has 0 atom stereocenters. The Kier molecular flexibility index (Phi) is 7.74. The van der Waals surface area contributed by atoms with E-state index in [0.29, 0.717) is 19.6 Å². The van der Waals surface area contributed by atoms with E-state index in [1.807, 2.05) is 50.1 Å². The standard InChI is InChI=1S/C16H25ClN4O/c1-12(2)15(22)19-8-9-20-16(18-3)21(4)11-13-6-5-7-14(17)10-13/h5-7,10,12H,8-9,11H2,1-4H3,(H,18,20)(H,19,22). The molecule has 122 valence electrons. The van der Waals surface area contributed by atoms with E-state index < -0.39 is 0 Å². The van der Waals surface area contributed by atoms with Gasteiger partial charge in [0.2, 0.25) is 5.91 Å². The molecule has 0 unspecified atom stereocenters. The van der Waals surface area contributed by atoms with Crippen molar-refractivity contribution in [1.82, 2.24) is 15.5 Å². The molecule has 0 heterocycles. The molecular weight excluding hydrogens is 300 g/mol. The number of benzene rings is 1. The van der Waals surface area contributed by atoms with Gasteiger partial charge in [-0.3, -0.25) is 9.79 Å². The highest BCUT2D eigenvalue weighted by molar-refractivity contribution is 6.30. The van der Waals surface area contributed by atoms with E-state index in [2.05, 4.69) is 15.6 Å². The maximum Gasteiger partial charge on any atom is 0.222 e. The fraction of sp³-hybridized carbons (Fsp3) is 0.500. The average Bonchev–Trinajstić information content (AvgIpc) is 2.46. The van der Waals surface area contributed by atoms with Crippen LogP contribution < -0.4 is 10.6 Å². The smallest absolute Gasteiger partial charge is 0.222 e. The largest absolute Gasteiger partial charge is 0.354 e. The van der Waals surface area contributed by atoms with Gasteiger partial charge in [-0.15, -0.1) is 0 Å². The van der Waals surface area contributed by atoms with Crippen LogP contribution in [0.1, 0.15) is 19.4 Å². The van der Waals surface area contributed by atoms with Gasteiger partial charge in [-0.05, 0) is 17.7 Å². The predicted molar refractivity (Wildman–Crippen MR) is 92.1 cm³/mol. The van der Waals surface area contributed by atoms with E-state index >= 15 is 0 Å². The second-order valence-corrected chi connectivity index (χ2v) is 5.84. The summed E-state index contributed by atoms with van der Waals surface area (Å²) in [7, 11) is 3.70. The van der Waals surface area contributed by atoms with Gasteiger partial charge < -0.3 is 15.5 Å². The molecule has 0 aliphatic heterocycles. The minimum absolute atomic E-state index is 0.00446. The molecule has 1 amide bonds. The van der Waals surface area contributed by atoms with Crippen LogP contribution in [-0.2, 0) is 11.3 Å². The molecule has 6 heteroatoms. The Hall–Kier alpha value is -1.75. The van der Waals surface area contributed by atoms with Crippen molar-refractivity contribution in [2.45, 2.75) is 20.4 Å². The number of nitrogens with one attached hydrogen (secondary N) is 2. The Morgan fingerprint density at radius 3 is 2.59 bits per heavy atom. The van der Waals surface area contributed by atoms with Gasteiger partial charge in [-0.2, -0.15) is 0 Å². The third-order valence-corrected chi connectivity index (χ3v) is 3.35. The Bertz CT molecular complexity index is 517. The van der Waals surface area contributed by atoms with Gasteiger partial charge in [-0.25, -0.2) is 0 Å². The summed E-state index contributed by atoms with van der Waals surface area (Å²) in [6.45, 7) is 5.66. The highest BCUT2D eigenvalue weighted by Crippen LogP contribution is 2.12. The van der Waals surface area contributed by atoms with Crippen LogP contribution in [0.15, 0.2) is 29.3 Å². The van der Waals surface area contributed by atoms with Gasteiger partial charge in [0.25, 0.3) is 0 Å². The summed E-state index contributed by atoms with van der Waals surface area (Å²) in [5, 5.41) is 6.82. The molecular formula is C16H25ClN4O. The number of amides is 1. The first-order chi connectivity index (χ1) is 10.4. The van der Waals surface area contributed by atoms with E-state index in [1.165, 1.54) is 0 Å². The maximum atomic E-state index is 11.5. The van der Waals surface area contributed by atoms with Crippen molar-refractivity contribution >= 4 is 23.5 Å². The molecule has 2 N–H and O–H groups in total. The van der Waals surface area contributed by atoms with Crippen LogP contribution in [0.5, 0.6) is 0 Å².